The molecule has 15 heteroatoms. The zero-order valence-electron chi connectivity index (χ0n) is 18.5. The Morgan fingerprint density at radius 2 is 1.11 bits per heavy atom. The fourth-order valence-electron chi connectivity index (χ4n) is 3.36. The highest BCUT2D eigenvalue weighted by atomic mass is 127. The van der Waals surface area contributed by atoms with E-state index in [0.29, 0.717) is 29.7 Å². The van der Waals surface area contributed by atoms with Crippen LogP contribution in [0.3, 0.4) is 0 Å². The standard InChI is InChI=1S/C23H7Br3Cl3F3I3N3/c1-4-10(25)8(13(28)16(31)18(4)33)22-36-21(6-3-7(24)12(27)5(2)15(6)30)37-23(38-22)9-11(26)19(34)20(35)17(32)14(9)29/h3H,1-2H3. The van der Waals surface area contributed by atoms with Gasteiger partial charge in [-0.1, -0.05) is 34.8 Å². The molecule has 3 nitrogen and oxygen atoms in total. The van der Waals surface area contributed by atoms with Crippen molar-refractivity contribution in [1.82, 2.24) is 15.0 Å². The summed E-state index contributed by atoms with van der Waals surface area (Å²) in [6, 6.07) is 1.42. The Bertz CT molecular complexity index is 1550. The van der Waals surface area contributed by atoms with Crippen molar-refractivity contribution in [2.24, 2.45) is 0 Å². The predicted octanol–water partition coefficient (Wildman–Crippen LogP) is 12.0. The van der Waals surface area contributed by atoms with Crippen LogP contribution in [-0.4, -0.2) is 15.0 Å². The van der Waals surface area contributed by atoms with Crippen LogP contribution < -0.4 is 0 Å². The third-order valence-corrected chi connectivity index (χ3v) is 14.4. The molecule has 0 unspecified atom stereocenters. The molecule has 198 valence electrons. The summed E-state index contributed by atoms with van der Waals surface area (Å²) in [6.45, 7) is 3.20. The first-order valence-corrected chi connectivity index (χ1v) is 16.7. The van der Waals surface area contributed by atoms with Crippen LogP contribution >= 0.6 is 150 Å². The van der Waals surface area contributed by atoms with E-state index in [1.54, 1.807) is 6.92 Å². The van der Waals surface area contributed by atoms with Gasteiger partial charge in [0, 0.05) is 22.6 Å². The molecule has 0 saturated heterocycles. The van der Waals surface area contributed by atoms with E-state index < -0.39 is 17.5 Å². The van der Waals surface area contributed by atoms with Gasteiger partial charge in [0.2, 0.25) is 0 Å². The molecule has 0 amide bonds. The molecule has 0 aliphatic carbocycles. The second-order valence-corrected chi connectivity index (χ2v) is 14.5. The number of rotatable bonds is 3. The van der Waals surface area contributed by atoms with Crippen LogP contribution in [-0.2, 0) is 0 Å². The number of nitrogens with zero attached hydrogens (tertiary/aromatic N) is 3. The van der Waals surface area contributed by atoms with E-state index in [1.165, 1.54) is 13.0 Å². The monoisotopic (exact) mass is 1100 g/mol. The Balaban J connectivity index is 2.19. The van der Waals surface area contributed by atoms with Crippen LogP contribution in [0.2, 0.25) is 15.1 Å². The Morgan fingerprint density at radius 1 is 0.632 bits per heavy atom. The highest BCUT2D eigenvalue weighted by Crippen LogP contribution is 2.45. The fraction of sp³-hybridized carbons (Fsp3) is 0.0870. The maximum atomic E-state index is 15.5. The van der Waals surface area contributed by atoms with Crippen molar-refractivity contribution in [2.75, 3.05) is 0 Å². The van der Waals surface area contributed by atoms with E-state index in [2.05, 4.69) is 62.7 Å². The lowest BCUT2D eigenvalue weighted by Gasteiger charge is -2.16. The van der Waals surface area contributed by atoms with Gasteiger partial charge in [-0.2, -0.15) is 0 Å². The summed E-state index contributed by atoms with van der Waals surface area (Å²) in [5.41, 5.74) is 0.913. The van der Waals surface area contributed by atoms with Gasteiger partial charge < -0.3 is 0 Å². The van der Waals surface area contributed by atoms with Gasteiger partial charge in [-0.25, -0.2) is 28.1 Å². The molecular formula is C23H7Br3Cl3F3I3N3. The first-order chi connectivity index (χ1) is 17.7. The minimum Gasteiger partial charge on any atom is -0.208 e. The molecule has 1 heterocycles. The van der Waals surface area contributed by atoms with Crippen molar-refractivity contribution >= 4 is 150 Å². The Labute approximate surface area is 296 Å². The molecule has 0 saturated carbocycles. The number of hydrogen-bond acceptors (Lipinski definition) is 3. The number of benzene rings is 3. The maximum Gasteiger partial charge on any atom is 0.167 e. The first-order valence-electron chi connectivity index (χ1n) is 9.94. The molecule has 0 spiro atoms. The summed E-state index contributed by atoms with van der Waals surface area (Å²) in [4.78, 5) is 13.4. The van der Waals surface area contributed by atoms with Gasteiger partial charge in [-0.3, -0.25) is 0 Å². The largest absolute Gasteiger partial charge is 0.208 e. The molecule has 0 N–H and O–H groups in total. The van der Waals surface area contributed by atoms with Gasteiger partial charge in [0.25, 0.3) is 0 Å². The van der Waals surface area contributed by atoms with Crippen LogP contribution in [0.15, 0.2) is 19.5 Å². The van der Waals surface area contributed by atoms with Crippen molar-refractivity contribution in [3.63, 3.8) is 0 Å². The molecule has 38 heavy (non-hydrogen) atoms. The van der Waals surface area contributed by atoms with E-state index in [-0.39, 0.29) is 54.8 Å². The van der Waals surface area contributed by atoms with E-state index in [0.717, 1.165) is 0 Å². The summed E-state index contributed by atoms with van der Waals surface area (Å²) < 4.78 is 48.0. The molecule has 0 bridgehead atoms. The van der Waals surface area contributed by atoms with Crippen LogP contribution in [0.5, 0.6) is 0 Å². The summed E-state index contributed by atoms with van der Waals surface area (Å²) in [6.07, 6.45) is 0. The molecule has 3 aromatic carbocycles. The lowest BCUT2D eigenvalue weighted by atomic mass is 10.1. The number of halogens is 12. The highest BCUT2D eigenvalue weighted by Gasteiger charge is 2.28. The van der Waals surface area contributed by atoms with Gasteiger partial charge >= 0.3 is 0 Å². The van der Waals surface area contributed by atoms with Gasteiger partial charge in [0.15, 0.2) is 29.1 Å². The number of aromatic nitrogens is 3. The van der Waals surface area contributed by atoms with Crippen molar-refractivity contribution in [3.05, 3.63) is 73.8 Å². The van der Waals surface area contributed by atoms with E-state index in [4.69, 9.17) is 34.8 Å². The summed E-state index contributed by atoms with van der Waals surface area (Å²) >= 11 is 35.0. The van der Waals surface area contributed by atoms with Crippen molar-refractivity contribution in [3.8, 4) is 34.2 Å². The number of hydrogen-bond donors (Lipinski definition) is 0. The minimum absolute atomic E-state index is 0.0217. The Kier molecular flexibility index (Phi) is 10.3. The van der Waals surface area contributed by atoms with Crippen molar-refractivity contribution < 1.29 is 13.2 Å². The molecule has 0 fully saturated rings. The van der Waals surface area contributed by atoms with Crippen LogP contribution in [0.4, 0.5) is 13.2 Å². The molecule has 0 aliphatic heterocycles. The molecule has 4 rings (SSSR count). The van der Waals surface area contributed by atoms with Crippen LogP contribution in [0.1, 0.15) is 11.1 Å². The fourth-order valence-corrected chi connectivity index (χ4v) is 8.59. The second kappa shape index (κ2) is 12.3. The summed E-state index contributed by atoms with van der Waals surface area (Å²) in [5, 5.41) is -0.326. The maximum absolute atomic E-state index is 15.5. The average Bonchev–Trinajstić information content (AvgIpc) is 2.89. The molecule has 0 aliphatic rings. The lowest BCUT2D eigenvalue weighted by molar-refractivity contribution is 0.618. The minimum atomic E-state index is -0.676. The molecule has 0 atom stereocenters. The highest BCUT2D eigenvalue weighted by molar-refractivity contribution is 14.1. The van der Waals surface area contributed by atoms with Crippen LogP contribution in [0.25, 0.3) is 34.2 Å². The Hall–Kier alpha value is 0.960. The summed E-state index contributed by atoms with van der Waals surface area (Å²) in [7, 11) is 0. The first kappa shape index (κ1) is 31.9. The second-order valence-electron chi connectivity index (χ2n) is 7.67. The third-order valence-electron chi connectivity index (χ3n) is 5.39. The average molecular weight is 1110 g/mol. The quantitative estimate of drug-likeness (QED) is 0.117. The lowest BCUT2D eigenvalue weighted by Crippen LogP contribution is -2.06. The zero-order valence-corrected chi connectivity index (χ0v) is 32.0. The smallest absolute Gasteiger partial charge is 0.167 e. The molecule has 0 radical (unpaired) electrons. The summed E-state index contributed by atoms with van der Waals surface area (Å²) in [5.74, 6) is -2.32. The molecule has 1 aromatic heterocycles. The van der Waals surface area contributed by atoms with E-state index in [9.17, 15) is 0 Å². The van der Waals surface area contributed by atoms with Crippen LogP contribution in [0, 0.1) is 42.0 Å². The van der Waals surface area contributed by atoms with E-state index >= 15 is 13.2 Å². The molecular weight excluding hydrogens is 1100 g/mol. The van der Waals surface area contributed by atoms with Gasteiger partial charge in [-0.15, -0.1) is 0 Å². The topological polar surface area (TPSA) is 38.7 Å². The zero-order chi connectivity index (χ0) is 28.4. The van der Waals surface area contributed by atoms with Gasteiger partial charge in [0.05, 0.1) is 38.9 Å². The predicted molar refractivity (Wildman–Crippen MR) is 182 cm³/mol. The van der Waals surface area contributed by atoms with Crippen molar-refractivity contribution in [2.45, 2.75) is 13.8 Å². The molecule has 4 aromatic rings. The van der Waals surface area contributed by atoms with Gasteiger partial charge in [0.1, 0.15) is 5.82 Å². The normalized spacial score (nSPS) is 11.4. The Morgan fingerprint density at radius 3 is 1.66 bits per heavy atom. The van der Waals surface area contributed by atoms with E-state index in [1.807, 2.05) is 67.8 Å². The third kappa shape index (κ3) is 5.53. The van der Waals surface area contributed by atoms with Crippen molar-refractivity contribution in [1.29, 1.82) is 0 Å². The SMILES string of the molecule is Cc1c(F)c(-c2nc(-c3c(Cl)c(F)c(I)c(C)c3Br)nc(-c3c(Cl)c(F)c(I)c(I)c3Br)n2)cc(Br)c1Cl. The van der Waals surface area contributed by atoms with Gasteiger partial charge in [-0.05, 0) is 141 Å².